The Kier molecular flexibility index (Phi) is 5.05. The Hall–Kier alpha value is -2.48. The van der Waals surface area contributed by atoms with Crippen LogP contribution in [-0.4, -0.2) is 62.6 Å². The molecule has 1 saturated heterocycles. The number of aromatic amines is 1. The van der Waals surface area contributed by atoms with Gasteiger partial charge in [-0.1, -0.05) is 6.07 Å². The molecule has 3 heterocycles. The molecule has 0 aliphatic carbocycles. The van der Waals surface area contributed by atoms with Gasteiger partial charge in [0, 0.05) is 37.9 Å². The fraction of sp³-hybridized carbons (Fsp3) is 0.500. The number of amides is 1. The van der Waals surface area contributed by atoms with E-state index in [2.05, 4.69) is 20.2 Å². The highest BCUT2D eigenvalue weighted by atomic mass is 16.2. The number of rotatable bonds is 5. The zero-order valence-electron chi connectivity index (χ0n) is 13.9. The number of likely N-dealkylation sites (tertiary alicyclic amines) is 1. The molecule has 1 aliphatic rings. The van der Waals surface area contributed by atoms with Crippen LogP contribution in [0.25, 0.3) is 0 Å². The van der Waals surface area contributed by atoms with Crippen LogP contribution in [0.2, 0.25) is 0 Å². The summed E-state index contributed by atoms with van der Waals surface area (Å²) < 4.78 is 0. The predicted molar refractivity (Wildman–Crippen MR) is 89.9 cm³/mol. The zero-order valence-corrected chi connectivity index (χ0v) is 13.9. The molecule has 8 nitrogen and oxygen atoms in total. The number of nitrogens with zero attached hydrogens (tertiary/aromatic N) is 5. The average molecular weight is 329 g/mol. The summed E-state index contributed by atoms with van der Waals surface area (Å²) in [5.41, 5.74) is 6.66. The Balaban J connectivity index is 1.46. The number of nitrogens with one attached hydrogen (secondary N) is 1. The van der Waals surface area contributed by atoms with Crippen molar-refractivity contribution in [3.63, 3.8) is 0 Å². The minimum atomic E-state index is 0.164. The molecule has 3 N–H and O–H groups in total. The smallest absolute Gasteiger partial charge is 0.239 e. The first-order valence-corrected chi connectivity index (χ1v) is 8.15. The topological polar surface area (TPSA) is 104 Å². The first-order valence-electron chi connectivity index (χ1n) is 8.15. The van der Waals surface area contributed by atoms with Crippen molar-refractivity contribution in [2.45, 2.75) is 25.3 Å². The van der Waals surface area contributed by atoms with E-state index in [1.807, 2.05) is 35.2 Å². The maximum Gasteiger partial charge on any atom is 0.239 e. The maximum absolute atomic E-state index is 12.5. The second-order valence-corrected chi connectivity index (χ2v) is 6.27. The summed E-state index contributed by atoms with van der Waals surface area (Å²) >= 11 is 0. The van der Waals surface area contributed by atoms with Crippen LogP contribution in [0.3, 0.4) is 0 Å². The summed E-state index contributed by atoms with van der Waals surface area (Å²) in [5, 5.41) is 6.75. The minimum absolute atomic E-state index is 0.164. The Morgan fingerprint density at radius 1 is 1.46 bits per heavy atom. The van der Waals surface area contributed by atoms with Gasteiger partial charge < -0.3 is 10.6 Å². The van der Waals surface area contributed by atoms with E-state index in [0.717, 1.165) is 37.3 Å². The SMILES string of the molecule is CN(CC(=O)N1CCC(c2nc(N)n[nH]2)CC1)Cc1cccnc1. The molecule has 0 radical (unpaired) electrons. The third-order valence-electron chi connectivity index (χ3n) is 4.33. The number of hydrogen-bond acceptors (Lipinski definition) is 6. The summed E-state index contributed by atoms with van der Waals surface area (Å²) in [6.45, 7) is 2.61. The van der Waals surface area contributed by atoms with Crippen molar-refractivity contribution in [2.24, 2.45) is 0 Å². The largest absolute Gasteiger partial charge is 0.367 e. The van der Waals surface area contributed by atoms with E-state index in [0.29, 0.717) is 19.0 Å². The predicted octanol–water partition coefficient (Wildman–Crippen LogP) is 0.620. The van der Waals surface area contributed by atoms with Crippen molar-refractivity contribution in [3.05, 3.63) is 35.9 Å². The summed E-state index contributed by atoms with van der Waals surface area (Å²) in [6.07, 6.45) is 5.34. The van der Waals surface area contributed by atoms with Gasteiger partial charge in [-0.2, -0.15) is 4.98 Å². The number of hydrogen-bond donors (Lipinski definition) is 2. The molecule has 128 valence electrons. The van der Waals surface area contributed by atoms with Crippen LogP contribution in [0.15, 0.2) is 24.5 Å². The molecular weight excluding hydrogens is 306 g/mol. The van der Waals surface area contributed by atoms with Gasteiger partial charge in [-0.25, -0.2) is 0 Å². The Morgan fingerprint density at radius 3 is 2.88 bits per heavy atom. The zero-order chi connectivity index (χ0) is 16.9. The number of anilines is 1. The molecule has 1 aliphatic heterocycles. The second kappa shape index (κ2) is 7.39. The highest BCUT2D eigenvalue weighted by molar-refractivity contribution is 5.78. The van der Waals surface area contributed by atoms with Crippen molar-refractivity contribution < 1.29 is 4.79 Å². The van der Waals surface area contributed by atoms with E-state index < -0.39 is 0 Å². The lowest BCUT2D eigenvalue weighted by Gasteiger charge is -2.32. The Morgan fingerprint density at radius 2 is 2.25 bits per heavy atom. The molecule has 0 unspecified atom stereocenters. The van der Waals surface area contributed by atoms with Crippen molar-refractivity contribution in [1.82, 2.24) is 30.0 Å². The van der Waals surface area contributed by atoms with Gasteiger partial charge in [0.05, 0.1) is 6.54 Å². The van der Waals surface area contributed by atoms with Crippen LogP contribution < -0.4 is 5.73 Å². The van der Waals surface area contributed by atoms with Gasteiger partial charge in [0.1, 0.15) is 5.82 Å². The first-order chi connectivity index (χ1) is 11.6. The molecule has 24 heavy (non-hydrogen) atoms. The molecule has 2 aromatic heterocycles. The lowest BCUT2D eigenvalue weighted by Crippen LogP contribution is -2.43. The van der Waals surface area contributed by atoms with Crippen LogP contribution in [0.1, 0.15) is 30.1 Å². The molecule has 0 aromatic carbocycles. The summed E-state index contributed by atoms with van der Waals surface area (Å²) in [5.74, 6) is 1.57. The quantitative estimate of drug-likeness (QED) is 0.833. The van der Waals surface area contributed by atoms with Gasteiger partial charge in [0.15, 0.2) is 0 Å². The number of H-pyrrole nitrogens is 1. The fourth-order valence-corrected chi connectivity index (χ4v) is 3.06. The molecule has 0 bridgehead atoms. The third kappa shape index (κ3) is 4.08. The van der Waals surface area contributed by atoms with E-state index in [-0.39, 0.29) is 11.9 Å². The first kappa shape index (κ1) is 16.4. The maximum atomic E-state index is 12.5. The number of likely N-dealkylation sites (N-methyl/N-ethyl adjacent to an activating group) is 1. The number of pyridine rings is 1. The number of nitrogen functional groups attached to an aromatic ring is 1. The molecule has 1 fully saturated rings. The molecule has 0 atom stereocenters. The van der Waals surface area contributed by atoms with Crippen molar-refractivity contribution in [2.75, 3.05) is 32.4 Å². The molecular formula is C16H23N7O. The molecule has 3 rings (SSSR count). The van der Waals surface area contributed by atoms with Crippen LogP contribution in [-0.2, 0) is 11.3 Å². The number of nitrogens with two attached hydrogens (primary N) is 1. The lowest BCUT2D eigenvalue weighted by molar-refractivity contribution is -0.133. The normalized spacial score (nSPS) is 15.8. The fourth-order valence-electron chi connectivity index (χ4n) is 3.06. The van der Waals surface area contributed by atoms with Crippen LogP contribution in [0.4, 0.5) is 5.95 Å². The standard InChI is InChI=1S/C16H23N7O/c1-22(10-12-3-2-6-18-9-12)11-14(24)23-7-4-13(5-8-23)15-19-16(17)21-20-15/h2-3,6,9,13H,4-5,7-8,10-11H2,1H3,(H3,17,19,20,21). The second-order valence-electron chi connectivity index (χ2n) is 6.27. The lowest BCUT2D eigenvalue weighted by atomic mass is 9.96. The van der Waals surface area contributed by atoms with E-state index in [4.69, 9.17) is 5.73 Å². The van der Waals surface area contributed by atoms with Crippen LogP contribution >= 0.6 is 0 Å². The Labute approximate surface area is 141 Å². The third-order valence-corrected chi connectivity index (χ3v) is 4.33. The minimum Gasteiger partial charge on any atom is -0.367 e. The van der Waals surface area contributed by atoms with E-state index >= 15 is 0 Å². The van der Waals surface area contributed by atoms with Gasteiger partial charge in [-0.3, -0.25) is 19.8 Å². The molecule has 0 spiro atoms. The van der Waals surface area contributed by atoms with E-state index in [9.17, 15) is 4.79 Å². The van der Waals surface area contributed by atoms with E-state index in [1.54, 1.807) is 6.20 Å². The van der Waals surface area contributed by atoms with Gasteiger partial charge in [0.25, 0.3) is 0 Å². The summed E-state index contributed by atoms with van der Waals surface area (Å²) in [6, 6.07) is 3.93. The molecule has 1 amide bonds. The van der Waals surface area contributed by atoms with Gasteiger partial charge >= 0.3 is 0 Å². The monoisotopic (exact) mass is 329 g/mol. The number of aromatic nitrogens is 4. The molecule has 8 heteroatoms. The van der Waals surface area contributed by atoms with Crippen LogP contribution in [0.5, 0.6) is 0 Å². The van der Waals surface area contributed by atoms with Crippen LogP contribution in [0, 0.1) is 0 Å². The van der Waals surface area contributed by atoms with Crippen molar-refractivity contribution >= 4 is 11.9 Å². The number of carbonyl (C=O) groups is 1. The highest BCUT2D eigenvalue weighted by Gasteiger charge is 2.26. The summed E-state index contributed by atoms with van der Waals surface area (Å²) in [7, 11) is 1.95. The molecule has 2 aromatic rings. The number of carbonyl (C=O) groups excluding carboxylic acids is 1. The van der Waals surface area contributed by atoms with Gasteiger partial charge in [0.2, 0.25) is 11.9 Å². The van der Waals surface area contributed by atoms with Gasteiger partial charge in [-0.15, -0.1) is 5.10 Å². The van der Waals surface area contributed by atoms with Crippen molar-refractivity contribution in [3.8, 4) is 0 Å². The summed E-state index contributed by atoms with van der Waals surface area (Å²) in [4.78, 5) is 24.7. The van der Waals surface area contributed by atoms with E-state index in [1.165, 1.54) is 0 Å². The highest BCUT2D eigenvalue weighted by Crippen LogP contribution is 2.25. The van der Waals surface area contributed by atoms with Crippen molar-refractivity contribution in [1.29, 1.82) is 0 Å². The average Bonchev–Trinajstić information content (AvgIpc) is 3.02. The number of piperidine rings is 1. The Bertz CT molecular complexity index is 664. The molecule has 0 saturated carbocycles. The van der Waals surface area contributed by atoms with Gasteiger partial charge in [-0.05, 0) is 31.5 Å².